The van der Waals surface area contributed by atoms with Crippen LogP contribution in [0.3, 0.4) is 0 Å². The lowest BCUT2D eigenvalue weighted by molar-refractivity contribution is 0.0911. The summed E-state index contributed by atoms with van der Waals surface area (Å²) in [6, 6.07) is 0.433. The predicted molar refractivity (Wildman–Crippen MR) is 110 cm³/mol. The molecule has 2 nitrogen and oxygen atoms in total. The number of aliphatic imine (C=N–C) groups is 2. The Morgan fingerprint density at radius 1 is 0.875 bits per heavy atom. The number of hydrogen-bond acceptors (Lipinski definition) is 2. The van der Waals surface area contributed by atoms with Gasteiger partial charge < -0.3 is 0 Å². The lowest BCUT2D eigenvalue weighted by Crippen LogP contribution is -2.40. The fraction of sp³-hybridized carbons (Fsp3) is 0.909. The van der Waals surface area contributed by atoms with Crippen molar-refractivity contribution in [1.82, 2.24) is 0 Å². The van der Waals surface area contributed by atoms with E-state index in [9.17, 15) is 0 Å². The van der Waals surface area contributed by atoms with E-state index in [1.54, 1.807) is 0 Å². The minimum absolute atomic E-state index is 0.166. The molecular formula is C22H42N2. The maximum Gasteiger partial charge on any atom is 0.0510 e. The highest BCUT2D eigenvalue weighted by atomic mass is 14.8. The Balaban J connectivity index is 3.00. The van der Waals surface area contributed by atoms with Gasteiger partial charge in [-0.1, -0.05) is 62.3 Å². The molecule has 1 fully saturated rings. The molecule has 2 atom stereocenters. The fourth-order valence-electron chi connectivity index (χ4n) is 3.80. The molecule has 1 aliphatic carbocycles. The Hall–Kier alpha value is -0.660. The summed E-state index contributed by atoms with van der Waals surface area (Å²) in [5, 5.41) is 0. The second-order valence-electron chi connectivity index (χ2n) is 11.3. The molecule has 0 radical (unpaired) electrons. The van der Waals surface area contributed by atoms with Crippen LogP contribution < -0.4 is 0 Å². The predicted octanol–water partition coefficient (Wildman–Crippen LogP) is 6.59. The second kappa shape index (κ2) is 6.92. The van der Waals surface area contributed by atoms with Gasteiger partial charge in [0.15, 0.2) is 0 Å². The molecule has 0 spiro atoms. The Morgan fingerprint density at radius 3 is 1.83 bits per heavy atom. The van der Waals surface area contributed by atoms with Gasteiger partial charge in [-0.25, -0.2) is 0 Å². The van der Waals surface area contributed by atoms with Crippen LogP contribution in [0.25, 0.3) is 0 Å². The summed E-state index contributed by atoms with van der Waals surface area (Å²) in [4.78, 5) is 10.1. The normalized spacial score (nSPS) is 29.7. The van der Waals surface area contributed by atoms with Crippen LogP contribution in [-0.2, 0) is 0 Å². The summed E-state index contributed by atoms with van der Waals surface area (Å²) in [6.45, 7) is 26.1. The third-order valence-corrected chi connectivity index (χ3v) is 5.67. The van der Waals surface area contributed by atoms with E-state index in [0.717, 1.165) is 13.0 Å². The van der Waals surface area contributed by atoms with Crippen LogP contribution in [0.4, 0.5) is 0 Å². The molecule has 1 rings (SSSR count). The smallest absolute Gasteiger partial charge is 0.0510 e. The van der Waals surface area contributed by atoms with E-state index in [1.807, 2.05) is 0 Å². The van der Waals surface area contributed by atoms with Crippen LogP contribution in [0, 0.1) is 21.7 Å². The molecule has 1 saturated carbocycles. The van der Waals surface area contributed by atoms with E-state index in [1.165, 1.54) is 24.3 Å². The van der Waals surface area contributed by atoms with Crippen molar-refractivity contribution in [2.45, 2.75) is 101 Å². The third-order valence-electron chi connectivity index (χ3n) is 5.67. The summed E-state index contributed by atoms with van der Waals surface area (Å²) in [7, 11) is 0. The third kappa shape index (κ3) is 6.33. The SMILES string of the molecule is CC(=NC[C@@]1(C)C[C@H](N=C(C)C(C)(C)C)CC(C)(C)C1)C(C)(C)C. The Kier molecular flexibility index (Phi) is 6.17. The molecule has 140 valence electrons. The van der Waals surface area contributed by atoms with Gasteiger partial charge in [-0.2, -0.15) is 0 Å². The molecule has 1 aliphatic rings. The summed E-state index contributed by atoms with van der Waals surface area (Å²) < 4.78 is 0. The van der Waals surface area contributed by atoms with Crippen molar-refractivity contribution in [2.24, 2.45) is 31.6 Å². The van der Waals surface area contributed by atoms with E-state index in [-0.39, 0.29) is 16.2 Å². The van der Waals surface area contributed by atoms with E-state index in [2.05, 4.69) is 76.2 Å². The minimum atomic E-state index is 0.166. The molecule has 24 heavy (non-hydrogen) atoms. The van der Waals surface area contributed by atoms with Crippen molar-refractivity contribution in [2.75, 3.05) is 6.54 Å². The molecule has 0 bridgehead atoms. The lowest BCUT2D eigenvalue weighted by Gasteiger charge is -2.45. The molecule has 0 aromatic rings. The molecule has 0 heterocycles. The first-order valence-electron chi connectivity index (χ1n) is 9.61. The number of nitrogens with zero attached hydrogens (tertiary/aromatic N) is 2. The summed E-state index contributed by atoms with van der Waals surface area (Å²) in [5.41, 5.74) is 3.46. The van der Waals surface area contributed by atoms with Gasteiger partial charge in [-0.15, -0.1) is 0 Å². The fourth-order valence-corrected chi connectivity index (χ4v) is 3.80. The van der Waals surface area contributed by atoms with Crippen LogP contribution in [0.15, 0.2) is 9.98 Å². The van der Waals surface area contributed by atoms with Crippen molar-refractivity contribution in [1.29, 1.82) is 0 Å². The maximum absolute atomic E-state index is 5.14. The molecule has 2 heteroatoms. The summed E-state index contributed by atoms with van der Waals surface area (Å²) in [5.74, 6) is 0. The van der Waals surface area contributed by atoms with Crippen LogP contribution in [0.5, 0.6) is 0 Å². The Bertz CT molecular complexity index is 497. The van der Waals surface area contributed by atoms with Gasteiger partial charge in [0.2, 0.25) is 0 Å². The van der Waals surface area contributed by atoms with Crippen molar-refractivity contribution in [3.63, 3.8) is 0 Å². The standard InChI is InChI=1S/C22H42N2/c1-16(19(3,4)5)23-15-22(11)13-18(12-21(9,10)14-22)24-17(2)20(6,7)8/h18H,12-15H2,1-11H3/t18-,22+/m1/s1. The highest BCUT2D eigenvalue weighted by molar-refractivity contribution is 5.87. The van der Waals surface area contributed by atoms with Crippen LogP contribution in [-0.4, -0.2) is 24.0 Å². The first kappa shape index (κ1) is 21.4. The van der Waals surface area contributed by atoms with Gasteiger partial charge in [0, 0.05) is 18.0 Å². The average molecular weight is 335 g/mol. The van der Waals surface area contributed by atoms with Crippen LogP contribution >= 0.6 is 0 Å². The number of rotatable bonds is 3. The second-order valence-corrected chi connectivity index (χ2v) is 11.3. The average Bonchev–Trinajstić information content (AvgIpc) is 2.31. The highest BCUT2D eigenvalue weighted by Gasteiger charge is 2.41. The molecule has 0 aliphatic heterocycles. The summed E-state index contributed by atoms with van der Waals surface area (Å²) >= 11 is 0. The van der Waals surface area contributed by atoms with Crippen LogP contribution in [0.2, 0.25) is 0 Å². The topological polar surface area (TPSA) is 24.7 Å². The minimum Gasteiger partial charge on any atom is -0.293 e. The Labute approximate surface area is 151 Å². The Morgan fingerprint density at radius 2 is 1.38 bits per heavy atom. The van der Waals surface area contributed by atoms with E-state index in [0.29, 0.717) is 11.5 Å². The zero-order valence-electron chi connectivity index (χ0n) is 18.3. The van der Waals surface area contributed by atoms with E-state index >= 15 is 0 Å². The van der Waals surface area contributed by atoms with Gasteiger partial charge in [0.05, 0.1) is 6.04 Å². The zero-order chi connectivity index (χ0) is 19.0. The highest BCUT2D eigenvalue weighted by Crippen LogP contribution is 2.47. The molecule has 0 amide bonds. The van der Waals surface area contributed by atoms with Crippen molar-refractivity contribution in [3.8, 4) is 0 Å². The summed E-state index contributed by atoms with van der Waals surface area (Å²) in [6.07, 6.45) is 3.59. The van der Waals surface area contributed by atoms with Gasteiger partial charge >= 0.3 is 0 Å². The molecule has 0 aromatic heterocycles. The van der Waals surface area contributed by atoms with Gasteiger partial charge in [-0.05, 0) is 54.8 Å². The molecule has 0 aromatic carbocycles. The monoisotopic (exact) mass is 334 g/mol. The van der Waals surface area contributed by atoms with Gasteiger partial charge in [-0.3, -0.25) is 9.98 Å². The number of hydrogen-bond donors (Lipinski definition) is 0. The molecule has 0 unspecified atom stereocenters. The first-order chi connectivity index (χ1) is 10.5. The molecule has 0 N–H and O–H groups in total. The largest absolute Gasteiger partial charge is 0.293 e. The van der Waals surface area contributed by atoms with Gasteiger partial charge in [0.1, 0.15) is 0 Å². The van der Waals surface area contributed by atoms with Crippen molar-refractivity contribution in [3.05, 3.63) is 0 Å². The lowest BCUT2D eigenvalue weighted by atomic mass is 9.62. The van der Waals surface area contributed by atoms with E-state index < -0.39 is 0 Å². The van der Waals surface area contributed by atoms with E-state index in [4.69, 9.17) is 9.98 Å². The molecule has 0 saturated heterocycles. The molecular weight excluding hydrogens is 292 g/mol. The van der Waals surface area contributed by atoms with Gasteiger partial charge in [0.25, 0.3) is 0 Å². The van der Waals surface area contributed by atoms with Crippen molar-refractivity contribution >= 4 is 11.4 Å². The van der Waals surface area contributed by atoms with Crippen molar-refractivity contribution < 1.29 is 0 Å². The maximum atomic E-state index is 5.14. The zero-order valence-corrected chi connectivity index (χ0v) is 18.3. The quantitative estimate of drug-likeness (QED) is 0.520. The van der Waals surface area contributed by atoms with Crippen LogP contribution in [0.1, 0.15) is 95.4 Å². The first-order valence-corrected chi connectivity index (χ1v) is 9.61.